The van der Waals surface area contributed by atoms with Crippen molar-refractivity contribution in [1.29, 1.82) is 0 Å². The Morgan fingerprint density at radius 1 is 1.33 bits per heavy atom. The molecule has 0 spiro atoms. The Hall–Kier alpha value is -2.30. The van der Waals surface area contributed by atoms with Crippen LogP contribution in [0.1, 0.15) is 76.8 Å². The molecule has 0 saturated carbocycles. The molecule has 3 rings (SSSR count). The SMILES string of the molecule is CCCCCc1cc(OC(=O)CN(C)C=O)c2c(c1)OC(C)(C)C1CCC(C)=C[C@@H]21. The molecule has 1 unspecified atom stereocenters. The summed E-state index contributed by atoms with van der Waals surface area (Å²) in [7, 11) is 1.57. The van der Waals surface area contributed by atoms with Crippen LogP contribution < -0.4 is 9.47 Å². The van der Waals surface area contributed by atoms with Crippen LogP contribution in [0, 0.1) is 5.92 Å². The molecule has 0 fully saturated rings. The second-order valence-corrected chi connectivity index (χ2v) is 9.35. The van der Waals surface area contributed by atoms with Gasteiger partial charge in [0.25, 0.3) is 0 Å². The average Bonchev–Trinajstić information content (AvgIpc) is 2.66. The van der Waals surface area contributed by atoms with E-state index in [1.165, 1.54) is 10.5 Å². The van der Waals surface area contributed by atoms with Crippen molar-refractivity contribution < 1.29 is 19.1 Å². The third kappa shape index (κ3) is 4.88. The first-order valence-corrected chi connectivity index (χ1v) is 11.1. The molecule has 0 aromatic heterocycles. The predicted molar refractivity (Wildman–Crippen MR) is 118 cm³/mol. The molecule has 2 aliphatic rings. The van der Waals surface area contributed by atoms with E-state index in [1.54, 1.807) is 7.05 Å². The van der Waals surface area contributed by atoms with Crippen molar-refractivity contribution in [2.75, 3.05) is 13.6 Å². The Balaban J connectivity index is 2.03. The Morgan fingerprint density at radius 2 is 2.10 bits per heavy atom. The molecular formula is C25H35NO4. The van der Waals surface area contributed by atoms with Gasteiger partial charge in [-0.25, -0.2) is 4.79 Å². The van der Waals surface area contributed by atoms with E-state index in [-0.39, 0.29) is 18.1 Å². The molecule has 5 heteroatoms. The number of rotatable bonds is 8. The van der Waals surface area contributed by atoms with E-state index >= 15 is 0 Å². The van der Waals surface area contributed by atoms with E-state index in [0.29, 0.717) is 18.1 Å². The van der Waals surface area contributed by atoms with Crippen molar-refractivity contribution in [3.05, 3.63) is 34.9 Å². The molecule has 164 valence electrons. The van der Waals surface area contributed by atoms with Gasteiger partial charge in [0, 0.05) is 24.4 Å². The number of esters is 1. The Morgan fingerprint density at radius 3 is 2.80 bits per heavy atom. The summed E-state index contributed by atoms with van der Waals surface area (Å²) in [6, 6.07) is 4.14. The number of nitrogens with zero attached hydrogens (tertiary/aromatic N) is 1. The highest BCUT2D eigenvalue weighted by Gasteiger charge is 2.45. The normalized spacial score (nSPS) is 21.6. The maximum absolute atomic E-state index is 12.5. The first-order valence-electron chi connectivity index (χ1n) is 11.1. The molecule has 30 heavy (non-hydrogen) atoms. The minimum Gasteiger partial charge on any atom is -0.487 e. The molecule has 1 aliphatic carbocycles. The molecule has 1 aromatic carbocycles. The van der Waals surface area contributed by atoms with Crippen molar-refractivity contribution in [3.63, 3.8) is 0 Å². The van der Waals surface area contributed by atoms with Crippen molar-refractivity contribution in [2.45, 2.75) is 77.7 Å². The zero-order chi connectivity index (χ0) is 21.9. The van der Waals surface area contributed by atoms with Gasteiger partial charge in [-0.05, 0) is 64.2 Å². The summed E-state index contributed by atoms with van der Waals surface area (Å²) in [6.07, 6.45) is 9.40. The van der Waals surface area contributed by atoms with E-state index in [4.69, 9.17) is 9.47 Å². The molecule has 0 N–H and O–H groups in total. The van der Waals surface area contributed by atoms with E-state index in [9.17, 15) is 9.59 Å². The summed E-state index contributed by atoms with van der Waals surface area (Å²) in [6.45, 7) is 8.61. The number of benzene rings is 1. The largest absolute Gasteiger partial charge is 0.487 e. The molecule has 1 aromatic rings. The Bertz CT molecular complexity index is 827. The van der Waals surface area contributed by atoms with Gasteiger partial charge in [0.2, 0.25) is 6.41 Å². The van der Waals surface area contributed by atoms with Gasteiger partial charge >= 0.3 is 5.97 Å². The summed E-state index contributed by atoms with van der Waals surface area (Å²) in [5.41, 5.74) is 3.18. The van der Waals surface area contributed by atoms with E-state index < -0.39 is 5.97 Å². The number of hydrogen-bond donors (Lipinski definition) is 0. The second-order valence-electron chi connectivity index (χ2n) is 9.35. The van der Waals surface area contributed by atoms with Gasteiger partial charge in [0.15, 0.2) is 0 Å². The lowest BCUT2D eigenvalue weighted by molar-refractivity contribution is -0.137. The number of ether oxygens (including phenoxy) is 2. The number of hydrogen-bond acceptors (Lipinski definition) is 4. The highest BCUT2D eigenvalue weighted by atomic mass is 16.5. The van der Waals surface area contributed by atoms with Crippen molar-refractivity contribution in [3.8, 4) is 11.5 Å². The van der Waals surface area contributed by atoms with Crippen molar-refractivity contribution in [2.24, 2.45) is 5.92 Å². The molecule has 1 aliphatic heterocycles. The van der Waals surface area contributed by atoms with E-state index in [2.05, 4.69) is 39.8 Å². The minimum atomic E-state index is -0.435. The summed E-state index contributed by atoms with van der Waals surface area (Å²) in [4.78, 5) is 24.7. The van der Waals surface area contributed by atoms with E-state index in [1.807, 2.05) is 6.07 Å². The van der Waals surface area contributed by atoms with Crippen LogP contribution in [0.3, 0.4) is 0 Å². The average molecular weight is 414 g/mol. The van der Waals surface area contributed by atoms with Gasteiger partial charge in [0.1, 0.15) is 23.6 Å². The third-order valence-electron chi connectivity index (χ3n) is 6.36. The summed E-state index contributed by atoms with van der Waals surface area (Å²) in [5, 5.41) is 0. The van der Waals surface area contributed by atoms with Crippen LogP contribution in [-0.4, -0.2) is 36.5 Å². The number of aryl methyl sites for hydroxylation is 1. The van der Waals surface area contributed by atoms with Crippen molar-refractivity contribution in [1.82, 2.24) is 4.90 Å². The second kappa shape index (κ2) is 9.23. The highest BCUT2D eigenvalue weighted by molar-refractivity contribution is 5.77. The van der Waals surface area contributed by atoms with Crippen molar-refractivity contribution >= 4 is 12.4 Å². The molecule has 0 bridgehead atoms. The number of amides is 1. The Kier molecular flexibility index (Phi) is 6.89. The smallest absolute Gasteiger partial charge is 0.331 e. The van der Waals surface area contributed by atoms with Gasteiger partial charge in [-0.2, -0.15) is 0 Å². The van der Waals surface area contributed by atoms with Crippen LogP contribution in [0.4, 0.5) is 0 Å². The van der Waals surface area contributed by atoms with Crippen LogP contribution in [-0.2, 0) is 16.0 Å². The number of likely N-dealkylation sites (N-methyl/N-ethyl adjacent to an activating group) is 1. The number of carbonyl (C=O) groups is 2. The van der Waals surface area contributed by atoms with Gasteiger partial charge in [-0.1, -0.05) is 31.4 Å². The summed E-state index contributed by atoms with van der Waals surface area (Å²) >= 11 is 0. The maximum atomic E-state index is 12.5. The fraction of sp³-hybridized carbons (Fsp3) is 0.600. The topological polar surface area (TPSA) is 55.8 Å². The molecular weight excluding hydrogens is 378 g/mol. The third-order valence-corrected chi connectivity index (χ3v) is 6.36. The van der Waals surface area contributed by atoms with Crippen LogP contribution in [0.25, 0.3) is 0 Å². The van der Waals surface area contributed by atoms with Crippen LogP contribution in [0.15, 0.2) is 23.8 Å². The Labute approximate surface area is 180 Å². The fourth-order valence-electron chi connectivity index (χ4n) is 4.76. The van der Waals surface area contributed by atoms with Gasteiger partial charge < -0.3 is 14.4 Å². The summed E-state index contributed by atoms with van der Waals surface area (Å²) < 4.78 is 12.3. The van der Waals surface area contributed by atoms with Gasteiger partial charge in [-0.15, -0.1) is 0 Å². The number of unbranched alkanes of at least 4 members (excludes halogenated alkanes) is 2. The monoisotopic (exact) mass is 413 g/mol. The fourth-order valence-corrected chi connectivity index (χ4v) is 4.76. The number of carbonyl (C=O) groups excluding carboxylic acids is 2. The van der Waals surface area contributed by atoms with Gasteiger partial charge in [0.05, 0.1) is 0 Å². The first-order chi connectivity index (χ1) is 14.2. The lowest BCUT2D eigenvalue weighted by Crippen LogP contribution is -2.45. The van der Waals surface area contributed by atoms with E-state index in [0.717, 1.165) is 55.4 Å². The molecule has 1 amide bonds. The van der Waals surface area contributed by atoms with Gasteiger partial charge in [-0.3, -0.25) is 4.79 Å². The molecule has 0 saturated heterocycles. The zero-order valence-electron chi connectivity index (χ0n) is 19.0. The highest BCUT2D eigenvalue weighted by Crippen LogP contribution is 2.53. The first kappa shape index (κ1) is 22.4. The quantitative estimate of drug-likeness (QED) is 0.197. The molecule has 1 heterocycles. The van der Waals surface area contributed by atoms with Crippen LogP contribution >= 0.6 is 0 Å². The standard InChI is InChI=1S/C25H35NO4/c1-6-7-8-9-18-13-21(29-23(28)15-26(5)16-27)24-19-12-17(2)10-11-20(19)25(3,4)30-22(24)14-18/h12-14,16,19-20H,6-11,15H2,1-5H3/t19-,20?/m1/s1. The maximum Gasteiger partial charge on any atom is 0.331 e. The minimum absolute atomic E-state index is 0.0757. The lowest BCUT2D eigenvalue weighted by atomic mass is 9.68. The lowest BCUT2D eigenvalue weighted by Gasteiger charge is -2.46. The molecule has 5 nitrogen and oxygen atoms in total. The van der Waals surface area contributed by atoms with Crippen LogP contribution in [0.2, 0.25) is 0 Å². The number of fused-ring (bicyclic) bond motifs is 3. The van der Waals surface area contributed by atoms with Crippen LogP contribution in [0.5, 0.6) is 11.5 Å². The number of allylic oxidation sites excluding steroid dienone is 2. The molecule has 2 atom stereocenters. The summed E-state index contributed by atoms with van der Waals surface area (Å²) in [5.74, 6) is 1.46. The zero-order valence-corrected chi connectivity index (χ0v) is 19.0. The molecule has 0 radical (unpaired) electrons. The predicted octanol–water partition coefficient (Wildman–Crippen LogP) is 5.02.